The summed E-state index contributed by atoms with van der Waals surface area (Å²) in [5, 5.41) is 8.67. The molecule has 0 saturated carbocycles. The van der Waals surface area contributed by atoms with Crippen molar-refractivity contribution >= 4 is 0 Å². The van der Waals surface area contributed by atoms with Crippen LogP contribution in [0.1, 0.15) is 35.2 Å². The van der Waals surface area contributed by atoms with Crippen LogP contribution in [0.25, 0.3) is 0 Å². The normalized spacial score (nSPS) is 17.5. The van der Waals surface area contributed by atoms with E-state index in [9.17, 15) is 0 Å². The molecular weight excluding hydrogens is 220 g/mol. The summed E-state index contributed by atoms with van der Waals surface area (Å²) in [5.74, 6) is 0. The van der Waals surface area contributed by atoms with E-state index in [2.05, 4.69) is 65.7 Å². The predicted octanol–water partition coefficient (Wildman–Crippen LogP) is 4.30. The summed E-state index contributed by atoms with van der Waals surface area (Å²) in [6, 6.07) is 17.2. The maximum atomic E-state index is 4.42. The molecule has 0 aromatic heterocycles. The third-order valence-electron chi connectivity index (χ3n) is 3.49. The average Bonchev–Trinajstić information content (AvgIpc) is 2.47. The Morgan fingerprint density at radius 1 is 1.06 bits per heavy atom. The standard InChI is InChI=1S/C16H16N2/c1-2-12-7-9-13(10-8-12)16-15-6-4-3-5-14(15)11-17-18-16/h3-10,16H,2,11H2,1H3. The van der Waals surface area contributed by atoms with Gasteiger partial charge in [-0.1, -0.05) is 55.5 Å². The summed E-state index contributed by atoms with van der Waals surface area (Å²) in [7, 11) is 0. The number of aryl methyl sites for hydroxylation is 1. The first-order chi connectivity index (χ1) is 8.88. The summed E-state index contributed by atoms with van der Waals surface area (Å²) in [6.45, 7) is 2.88. The zero-order valence-corrected chi connectivity index (χ0v) is 10.5. The molecule has 2 aromatic carbocycles. The Hall–Kier alpha value is -1.96. The van der Waals surface area contributed by atoms with Gasteiger partial charge in [-0.2, -0.15) is 10.2 Å². The molecule has 0 aliphatic carbocycles. The third kappa shape index (κ3) is 1.94. The molecule has 0 N–H and O–H groups in total. The van der Waals surface area contributed by atoms with Crippen LogP contribution in [0.2, 0.25) is 0 Å². The fraction of sp³-hybridized carbons (Fsp3) is 0.250. The number of fused-ring (bicyclic) bond motifs is 1. The zero-order valence-electron chi connectivity index (χ0n) is 10.5. The molecule has 18 heavy (non-hydrogen) atoms. The van der Waals surface area contributed by atoms with Gasteiger partial charge in [-0.25, -0.2) is 0 Å². The lowest BCUT2D eigenvalue weighted by molar-refractivity contribution is 0.705. The highest BCUT2D eigenvalue weighted by Gasteiger charge is 2.19. The Bertz CT molecular complexity index is 570. The van der Waals surface area contributed by atoms with Crippen molar-refractivity contribution in [2.75, 3.05) is 0 Å². The van der Waals surface area contributed by atoms with Gasteiger partial charge in [0.05, 0.1) is 6.54 Å². The Labute approximate surface area is 107 Å². The van der Waals surface area contributed by atoms with Gasteiger partial charge in [-0.15, -0.1) is 0 Å². The Morgan fingerprint density at radius 3 is 2.61 bits per heavy atom. The van der Waals surface area contributed by atoms with Gasteiger partial charge in [-0.05, 0) is 28.7 Å². The Kier molecular flexibility index (Phi) is 2.93. The summed E-state index contributed by atoms with van der Waals surface area (Å²) < 4.78 is 0. The SMILES string of the molecule is CCc1ccc(C2N=NCc3ccccc32)cc1. The van der Waals surface area contributed by atoms with Gasteiger partial charge in [0.15, 0.2) is 0 Å². The van der Waals surface area contributed by atoms with Crippen LogP contribution in [0.3, 0.4) is 0 Å². The highest BCUT2D eigenvalue weighted by atomic mass is 15.1. The minimum Gasteiger partial charge on any atom is -0.188 e. The molecule has 1 atom stereocenters. The molecule has 1 aliphatic heterocycles. The fourth-order valence-electron chi connectivity index (χ4n) is 2.39. The largest absolute Gasteiger partial charge is 0.188 e. The predicted molar refractivity (Wildman–Crippen MR) is 72.7 cm³/mol. The molecule has 0 amide bonds. The highest BCUT2D eigenvalue weighted by molar-refractivity contribution is 5.39. The minimum atomic E-state index is 0.0702. The topological polar surface area (TPSA) is 24.7 Å². The second kappa shape index (κ2) is 4.73. The van der Waals surface area contributed by atoms with Crippen LogP contribution in [0, 0.1) is 0 Å². The van der Waals surface area contributed by atoms with E-state index in [4.69, 9.17) is 0 Å². The Morgan fingerprint density at radius 2 is 1.83 bits per heavy atom. The van der Waals surface area contributed by atoms with Gasteiger partial charge in [0.1, 0.15) is 6.04 Å². The smallest absolute Gasteiger partial charge is 0.121 e. The van der Waals surface area contributed by atoms with E-state index in [0.29, 0.717) is 6.54 Å². The number of azo groups is 1. The molecule has 3 rings (SSSR count). The molecule has 1 unspecified atom stereocenters. The molecule has 0 radical (unpaired) electrons. The number of rotatable bonds is 2. The van der Waals surface area contributed by atoms with Crippen LogP contribution in [0.15, 0.2) is 58.8 Å². The Balaban J connectivity index is 2.00. The number of benzene rings is 2. The van der Waals surface area contributed by atoms with Crippen LogP contribution in [-0.4, -0.2) is 0 Å². The maximum Gasteiger partial charge on any atom is 0.121 e. The summed E-state index contributed by atoms with van der Waals surface area (Å²) in [6.07, 6.45) is 1.07. The second-order valence-corrected chi connectivity index (χ2v) is 4.61. The molecule has 0 saturated heterocycles. The van der Waals surface area contributed by atoms with Crippen LogP contribution in [0.5, 0.6) is 0 Å². The lowest BCUT2D eigenvalue weighted by Crippen LogP contribution is -2.05. The van der Waals surface area contributed by atoms with Crippen molar-refractivity contribution in [2.24, 2.45) is 10.2 Å². The number of hydrogen-bond acceptors (Lipinski definition) is 2. The van der Waals surface area contributed by atoms with E-state index in [-0.39, 0.29) is 6.04 Å². The summed E-state index contributed by atoms with van der Waals surface area (Å²) >= 11 is 0. The zero-order chi connectivity index (χ0) is 12.4. The van der Waals surface area contributed by atoms with Gasteiger partial charge in [0, 0.05) is 0 Å². The number of hydrogen-bond donors (Lipinski definition) is 0. The molecule has 2 aromatic rings. The van der Waals surface area contributed by atoms with E-state index in [0.717, 1.165) is 6.42 Å². The molecule has 0 fully saturated rings. The highest BCUT2D eigenvalue weighted by Crippen LogP contribution is 2.32. The van der Waals surface area contributed by atoms with E-state index >= 15 is 0 Å². The lowest BCUT2D eigenvalue weighted by atomic mass is 9.93. The average molecular weight is 236 g/mol. The maximum absolute atomic E-state index is 4.42. The fourth-order valence-corrected chi connectivity index (χ4v) is 2.39. The summed E-state index contributed by atoms with van der Waals surface area (Å²) in [5.41, 5.74) is 5.16. The van der Waals surface area contributed by atoms with E-state index in [1.807, 2.05) is 0 Å². The van der Waals surface area contributed by atoms with Crippen molar-refractivity contribution in [3.8, 4) is 0 Å². The molecule has 1 aliphatic rings. The van der Waals surface area contributed by atoms with E-state index < -0.39 is 0 Å². The lowest BCUT2D eigenvalue weighted by Gasteiger charge is -2.19. The van der Waals surface area contributed by atoms with Crippen molar-refractivity contribution in [3.63, 3.8) is 0 Å². The molecule has 2 nitrogen and oxygen atoms in total. The summed E-state index contributed by atoms with van der Waals surface area (Å²) in [4.78, 5) is 0. The number of nitrogens with zero attached hydrogens (tertiary/aromatic N) is 2. The van der Waals surface area contributed by atoms with Crippen molar-refractivity contribution in [3.05, 3.63) is 70.8 Å². The van der Waals surface area contributed by atoms with Crippen molar-refractivity contribution in [1.29, 1.82) is 0 Å². The van der Waals surface area contributed by atoms with E-state index in [1.54, 1.807) is 0 Å². The van der Waals surface area contributed by atoms with Crippen LogP contribution < -0.4 is 0 Å². The van der Waals surface area contributed by atoms with E-state index in [1.165, 1.54) is 22.3 Å². The first kappa shape index (κ1) is 11.1. The first-order valence-corrected chi connectivity index (χ1v) is 6.41. The minimum absolute atomic E-state index is 0.0702. The van der Waals surface area contributed by atoms with Crippen molar-refractivity contribution < 1.29 is 0 Å². The van der Waals surface area contributed by atoms with Crippen LogP contribution in [0.4, 0.5) is 0 Å². The van der Waals surface area contributed by atoms with Crippen molar-refractivity contribution in [1.82, 2.24) is 0 Å². The molecule has 90 valence electrons. The van der Waals surface area contributed by atoms with Gasteiger partial charge in [-0.3, -0.25) is 0 Å². The molecule has 2 heteroatoms. The molecule has 0 bridgehead atoms. The van der Waals surface area contributed by atoms with Gasteiger partial charge in [0.25, 0.3) is 0 Å². The van der Waals surface area contributed by atoms with Gasteiger partial charge >= 0.3 is 0 Å². The van der Waals surface area contributed by atoms with Crippen LogP contribution in [-0.2, 0) is 13.0 Å². The monoisotopic (exact) mass is 236 g/mol. The molecule has 0 spiro atoms. The molecule has 1 heterocycles. The quantitative estimate of drug-likeness (QED) is 0.742. The van der Waals surface area contributed by atoms with Gasteiger partial charge < -0.3 is 0 Å². The second-order valence-electron chi connectivity index (χ2n) is 4.61. The van der Waals surface area contributed by atoms with Gasteiger partial charge in [0.2, 0.25) is 0 Å². The third-order valence-corrected chi connectivity index (χ3v) is 3.49. The first-order valence-electron chi connectivity index (χ1n) is 6.41. The van der Waals surface area contributed by atoms with Crippen LogP contribution >= 0.6 is 0 Å². The molecular formula is C16H16N2. The van der Waals surface area contributed by atoms with Crippen molar-refractivity contribution in [2.45, 2.75) is 25.9 Å².